The smallest absolute Gasteiger partial charge is 0.424 e. The quantitative estimate of drug-likeness (QED) is 0.689. The van der Waals surface area contributed by atoms with E-state index in [-0.39, 0.29) is 5.75 Å². The fourth-order valence-electron chi connectivity index (χ4n) is 0.606. The number of hydrogen-bond donors (Lipinski definition) is 0. The number of rotatable bonds is 4. The Labute approximate surface area is 68.7 Å². The summed E-state index contributed by atoms with van der Waals surface area (Å²) in [5, 5.41) is 0. The molecule has 1 aromatic carbocycles. The molecule has 6 heteroatoms. The van der Waals surface area contributed by atoms with E-state index in [0.717, 1.165) is 0 Å². The van der Waals surface area contributed by atoms with Crippen molar-refractivity contribution in [1.29, 1.82) is 0 Å². The molecule has 66 valence electrons. The molecule has 0 amide bonds. The van der Waals surface area contributed by atoms with Crippen molar-refractivity contribution >= 4 is 8.60 Å². The van der Waals surface area contributed by atoms with Gasteiger partial charge >= 0.3 is 8.60 Å². The van der Waals surface area contributed by atoms with E-state index in [0.29, 0.717) is 0 Å². The van der Waals surface area contributed by atoms with Crippen molar-refractivity contribution in [1.82, 2.24) is 0 Å². The highest BCUT2D eigenvalue weighted by Crippen LogP contribution is 2.40. The van der Waals surface area contributed by atoms with Gasteiger partial charge in [0.1, 0.15) is 5.75 Å². The Balaban J connectivity index is 2.51. The van der Waals surface area contributed by atoms with Gasteiger partial charge in [0.2, 0.25) is 0 Å². The average molecular weight is 194 g/mol. The molecule has 0 heterocycles. The third-order valence-electron chi connectivity index (χ3n) is 1.04. The van der Waals surface area contributed by atoms with Gasteiger partial charge in [-0.3, -0.25) is 0 Å². The molecule has 0 aliphatic heterocycles. The van der Waals surface area contributed by atoms with Gasteiger partial charge in [0.15, 0.2) is 0 Å². The maximum Gasteiger partial charge on any atom is 0.465 e. The van der Waals surface area contributed by atoms with Gasteiger partial charge in [0, 0.05) is 0 Å². The van der Waals surface area contributed by atoms with Gasteiger partial charge in [0.05, 0.1) is 0 Å². The van der Waals surface area contributed by atoms with Crippen LogP contribution in [0.25, 0.3) is 0 Å². The van der Waals surface area contributed by atoms with Crippen LogP contribution < -0.4 is 4.52 Å². The summed E-state index contributed by atoms with van der Waals surface area (Å²) >= 11 is 0. The van der Waals surface area contributed by atoms with Crippen molar-refractivity contribution in [3.8, 4) is 5.75 Å². The summed E-state index contributed by atoms with van der Waals surface area (Å²) in [6.45, 7) is 0. The second kappa shape index (κ2) is 4.98. The van der Waals surface area contributed by atoms with Gasteiger partial charge in [-0.05, 0) is 21.2 Å². The van der Waals surface area contributed by atoms with Crippen LogP contribution in [0.15, 0.2) is 30.3 Å². The minimum atomic E-state index is -2.57. The van der Waals surface area contributed by atoms with E-state index >= 15 is 0 Å². The standard InChI is InChI=1S/C6H5F2O3P/c7-10-12(11-8)9-6-4-2-1-3-5-6/h1-5H. The summed E-state index contributed by atoms with van der Waals surface area (Å²) < 4.78 is 33.4. The summed E-state index contributed by atoms with van der Waals surface area (Å²) in [7, 11) is -2.57. The zero-order valence-electron chi connectivity index (χ0n) is 5.81. The Morgan fingerprint density at radius 2 is 1.58 bits per heavy atom. The Morgan fingerprint density at radius 1 is 1.00 bits per heavy atom. The first-order valence-electron chi connectivity index (χ1n) is 2.97. The van der Waals surface area contributed by atoms with Crippen LogP contribution in [-0.4, -0.2) is 0 Å². The van der Waals surface area contributed by atoms with Crippen LogP contribution >= 0.6 is 8.60 Å². The van der Waals surface area contributed by atoms with Crippen LogP contribution in [0, 0.1) is 0 Å². The van der Waals surface area contributed by atoms with Gasteiger partial charge < -0.3 is 4.52 Å². The lowest BCUT2D eigenvalue weighted by Crippen LogP contribution is -1.86. The third-order valence-corrected chi connectivity index (χ3v) is 1.62. The van der Waals surface area contributed by atoms with Crippen molar-refractivity contribution in [2.24, 2.45) is 0 Å². The van der Waals surface area contributed by atoms with Gasteiger partial charge in [-0.25, -0.2) is 0 Å². The normalized spacial score (nSPS) is 10.2. The van der Waals surface area contributed by atoms with Crippen LogP contribution in [0.4, 0.5) is 9.05 Å². The Kier molecular flexibility index (Phi) is 3.87. The van der Waals surface area contributed by atoms with E-state index in [1.54, 1.807) is 18.2 Å². The maximum absolute atomic E-state index is 11.4. The number of halogens is 2. The summed E-state index contributed by atoms with van der Waals surface area (Å²) in [6.07, 6.45) is 0. The molecule has 0 spiro atoms. The van der Waals surface area contributed by atoms with Crippen LogP contribution in [0.2, 0.25) is 0 Å². The molecule has 0 bridgehead atoms. The van der Waals surface area contributed by atoms with Crippen molar-refractivity contribution in [3.05, 3.63) is 30.3 Å². The molecule has 0 fully saturated rings. The molecule has 0 radical (unpaired) electrons. The van der Waals surface area contributed by atoms with E-state index in [1.807, 2.05) is 0 Å². The first-order chi connectivity index (χ1) is 5.86. The van der Waals surface area contributed by atoms with Crippen LogP contribution in [0.5, 0.6) is 5.75 Å². The summed E-state index contributed by atoms with van der Waals surface area (Å²) in [5.74, 6) is 0.277. The summed E-state index contributed by atoms with van der Waals surface area (Å²) in [5.41, 5.74) is 0. The molecule has 0 unspecified atom stereocenters. The second-order valence-corrected chi connectivity index (χ2v) is 2.67. The highest BCUT2D eigenvalue weighted by Gasteiger charge is 2.15. The fourth-order valence-corrected chi connectivity index (χ4v) is 0.978. The summed E-state index contributed by atoms with van der Waals surface area (Å²) in [6, 6.07) is 8.08. The lowest BCUT2D eigenvalue weighted by atomic mass is 10.3. The van der Waals surface area contributed by atoms with E-state index in [1.165, 1.54) is 12.1 Å². The molecule has 0 atom stereocenters. The van der Waals surface area contributed by atoms with Crippen molar-refractivity contribution in [2.45, 2.75) is 0 Å². The van der Waals surface area contributed by atoms with Crippen LogP contribution in [-0.2, 0) is 9.46 Å². The zero-order valence-corrected chi connectivity index (χ0v) is 6.71. The zero-order chi connectivity index (χ0) is 8.81. The average Bonchev–Trinajstić information content (AvgIpc) is 2.16. The van der Waals surface area contributed by atoms with Crippen LogP contribution in [0.3, 0.4) is 0 Å². The molecular weight excluding hydrogens is 189 g/mol. The molecule has 0 saturated heterocycles. The van der Waals surface area contributed by atoms with E-state index < -0.39 is 8.60 Å². The predicted molar refractivity (Wildman–Crippen MR) is 38.4 cm³/mol. The number of para-hydroxylation sites is 1. The Morgan fingerprint density at radius 3 is 2.08 bits per heavy atom. The predicted octanol–water partition coefficient (Wildman–Crippen LogP) is 3.09. The van der Waals surface area contributed by atoms with Gasteiger partial charge in [-0.15, -0.1) is 0 Å². The summed E-state index contributed by atoms with van der Waals surface area (Å²) in [4.78, 5) is 0. The monoisotopic (exact) mass is 194 g/mol. The van der Waals surface area contributed by atoms with Gasteiger partial charge in [-0.1, -0.05) is 27.7 Å². The molecular formula is C6H5F2O3P. The molecule has 1 rings (SSSR count). The minimum absolute atomic E-state index is 0.277. The molecule has 12 heavy (non-hydrogen) atoms. The minimum Gasteiger partial charge on any atom is -0.424 e. The molecule has 0 aliphatic carbocycles. The van der Waals surface area contributed by atoms with Gasteiger partial charge in [-0.2, -0.15) is 0 Å². The van der Waals surface area contributed by atoms with E-state index in [4.69, 9.17) is 0 Å². The van der Waals surface area contributed by atoms with Crippen molar-refractivity contribution in [3.63, 3.8) is 0 Å². The largest absolute Gasteiger partial charge is 0.465 e. The molecule has 0 saturated carbocycles. The van der Waals surface area contributed by atoms with Gasteiger partial charge in [0.25, 0.3) is 0 Å². The molecule has 3 nitrogen and oxygen atoms in total. The lowest BCUT2D eigenvalue weighted by Gasteiger charge is -2.05. The maximum atomic E-state index is 11.4. The Hall–Kier alpha value is -0.770. The second-order valence-electron chi connectivity index (χ2n) is 1.77. The number of hydrogen-bond acceptors (Lipinski definition) is 3. The Bertz CT molecular complexity index is 217. The molecule has 0 N–H and O–H groups in total. The van der Waals surface area contributed by atoms with E-state index in [2.05, 4.69) is 14.0 Å². The van der Waals surface area contributed by atoms with Crippen LogP contribution in [0.1, 0.15) is 0 Å². The molecule has 0 aliphatic rings. The van der Waals surface area contributed by atoms with Crippen molar-refractivity contribution in [2.75, 3.05) is 0 Å². The van der Waals surface area contributed by atoms with E-state index in [9.17, 15) is 9.05 Å². The first kappa shape index (κ1) is 9.32. The topological polar surface area (TPSA) is 27.7 Å². The molecule has 1 aromatic rings. The first-order valence-corrected chi connectivity index (χ1v) is 4.07. The SMILES string of the molecule is FOP(OF)Oc1ccccc1. The lowest BCUT2D eigenvalue weighted by molar-refractivity contribution is -0.0858. The third kappa shape index (κ3) is 2.70. The highest BCUT2D eigenvalue weighted by atomic mass is 31.2. The highest BCUT2D eigenvalue weighted by molar-refractivity contribution is 7.41. The van der Waals surface area contributed by atoms with Crippen molar-refractivity contribution < 1.29 is 23.0 Å². The fraction of sp³-hybridized carbons (Fsp3) is 0. The molecule has 0 aromatic heterocycles. The number of benzene rings is 1.